The Labute approximate surface area is 88.5 Å². The number of aromatic amines is 1. The van der Waals surface area contributed by atoms with Crippen molar-refractivity contribution in [2.24, 2.45) is 0 Å². The molecule has 0 unspecified atom stereocenters. The highest BCUT2D eigenvalue weighted by Gasteiger charge is 2.08. The molecular weight excluding hydrogens is 186 g/mol. The standard InChI is InChI=1S/C12H13N3/c1-8-10(4-5-13)11-6-9(7-14)2-3-12(11)15-8/h2-3,6,15H,4-5,13H2,1H3/p+1. The summed E-state index contributed by atoms with van der Waals surface area (Å²) in [4.78, 5) is 3.33. The molecule has 2 aromatic rings. The molecule has 0 saturated heterocycles. The second kappa shape index (κ2) is 3.76. The molecular formula is C12H14N3+. The number of hydrogen-bond acceptors (Lipinski definition) is 1. The van der Waals surface area contributed by atoms with Gasteiger partial charge in [0.15, 0.2) is 0 Å². The Balaban J connectivity index is 2.67. The van der Waals surface area contributed by atoms with Crippen LogP contribution < -0.4 is 5.73 Å². The summed E-state index contributed by atoms with van der Waals surface area (Å²) < 4.78 is 0. The molecule has 3 nitrogen and oxygen atoms in total. The van der Waals surface area contributed by atoms with Crippen molar-refractivity contribution in [3.63, 3.8) is 0 Å². The molecule has 1 aromatic heterocycles. The van der Waals surface area contributed by atoms with Gasteiger partial charge in [-0.15, -0.1) is 0 Å². The molecule has 3 heteroatoms. The third kappa shape index (κ3) is 1.60. The second-order valence-corrected chi connectivity index (χ2v) is 3.70. The van der Waals surface area contributed by atoms with Crippen LogP contribution in [0.15, 0.2) is 18.2 Å². The summed E-state index contributed by atoms with van der Waals surface area (Å²) in [5, 5.41) is 10.0. The van der Waals surface area contributed by atoms with Gasteiger partial charge in [-0.3, -0.25) is 0 Å². The normalized spacial score (nSPS) is 10.5. The summed E-state index contributed by atoms with van der Waals surface area (Å²) in [6.45, 7) is 2.95. The van der Waals surface area contributed by atoms with E-state index < -0.39 is 0 Å². The van der Waals surface area contributed by atoms with E-state index in [0.29, 0.717) is 5.56 Å². The Hall–Kier alpha value is -1.79. The highest BCUT2D eigenvalue weighted by Crippen LogP contribution is 2.23. The van der Waals surface area contributed by atoms with E-state index in [1.807, 2.05) is 18.2 Å². The molecule has 0 radical (unpaired) electrons. The van der Waals surface area contributed by atoms with Crippen LogP contribution in [-0.2, 0) is 6.42 Å². The van der Waals surface area contributed by atoms with Crippen molar-refractivity contribution in [3.05, 3.63) is 35.0 Å². The smallest absolute Gasteiger partial charge is 0.0991 e. The minimum absolute atomic E-state index is 0.715. The minimum atomic E-state index is 0.715. The number of aromatic nitrogens is 1. The van der Waals surface area contributed by atoms with Gasteiger partial charge in [-0.2, -0.15) is 5.26 Å². The maximum Gasteiger partial charge on any atom is 0.0991 e. The Morgan fingerprint density at radius 3 is 2.93 bits per heavy atom. The van der Waals surface area contributed by atoms with Crippen LogP contribution in [0, 0.1) is 18.3 Å². The molecule has 0 amide bonds. The van der Waals surface area contributed by atoms with Gasteiger partial charge in [0, 0.05) is 23.0 Å². The monoisotopic (exact) mass is 200 g/mol. The molecule has 2 rings (SSSR count). The average Bonchev–Trinajstić information content (AvgIpc) is 2.55. The molecule has 0 aliphatic carbocycles. The largest absolute Gasteiger partial charge is 0.358 e. The molecule has 0 atom stereocenters. The summed E-state index contributed by atoms with van der Waals surface area (Å²) in [6.07, 6.45) is 0.959. The maximum atomic E-state index is 8.85. The number of hydrogen-bond donors (Lipinski definition) is 2. The summed E-state index contributed by atoms with van der Waals surface area (Å²) in [7, 11) is 0. The summed E-state index contributed by atoms with van der Waals surface area (Å²) in [5.41, 5.74) is 8.17. The second-order valence-electron chi connectivity index (χ2n) is 3.70. The summed E-state index contributed by atoms with van der Waals surface area (Å²) >= 11 is 0. The van der Waals surface area contributed by atoms with Crippen LogP contribution in [0.1, 0.15) is 16.8 Å². The van der Waals surface area contributed by atoms with Gasteiger partial charge in [-0.05, 0) is 30.7 Å². The van der Waals surface area contributed by atoms with Crippen molar-refractivity contribution in [1.82, 2.24) is 4.98 Å². The van der Waals surface area contributed by atoms with E-state index >= 15 is 0 Å². The van der Waals surface area contributed by atoms with E-state index in [-0.39, 0.29) is 0 Å². The first-order chi connectivity index (χ1) is 7.26. The van der Waals surface area contributed by atoms with Gasteiger partial charge >= 0.3 is 0 Å². The Bertz CT molecular complexity index is 532. The summed E-state index contributed by atoms with van der Waals surface area (Å²) in [5.74, 6) is 0. The van der Waals surface area contributed by atoms with Crippen LogP contribution in [0.3, 0.4) is 0 Å². The lowest BCUT2D eigenvalue weighted by Crippen LogP contribution is -2.51. The number of aryl methyl sites for hydroxylation is 1. The number of fused-ring (bicyclic) bond motifs is 1. The zero-order valence-corrected chi connectivity index (χ0v) is 8.80. The number of nitrogens with one attached hydrogen (secondary N) is 1. The first-order valence-corrected chi connectivity index (χ1v) is 5.07. The molecule has 0 spiro atoms. The third-order valence-electron chi connectivity index (χ3n) is 2.68. The molecule has 0 aliphatic rings. The van der Waals surface area contributed by atoms with Crippen LogP contribution in [-0.4, -0.2) is 11.5 Å². The van der Waals surface area contributed by atoms with E-state index in [2.05, 4.69) is 23.7 Å². The number of nitrogens with zero attached hydrogens (tertiary/aromatic N) is 1. The summed E-state index contributed by atoms with van der Waals surface area (Å²) in [6, 6.07) is 7.92. The maximum absolute atomic E-state index is 8.85. The van der Waals surface area contributed by atoms with E-state index in [1.165, 1.54) is 11.3 Å². The molecule has 1 aromatic carbocycles. The van der Waals surface area contributed by atoms with Gasteiger partial charge in [-0.1, -0.05) is 0 Å². The molecule has 1 heterocycles. The predicted molar refractivity (Wildman–Crippen MR) is 59.2 cm³/mol. The number of quaternary nitrogens is 1. The van der Waals surface area contributed by atoms with Gasteiger partial charge in [0.25, 0.3) is 0 Å². The zero-order valence-electron chi connectivity index (χ0n) is 8.80. The van der Waals surface area contributed by atoms with Crippen LogP contribution >= 0.6 is 0 Å². The predicted octanol–water partition coefficient (Wildman–Crippen LogP) is 1.13. The third-order valence-corrected chi connectivity index (χ3v) is 2.68. The van der Waals surface area contributed by atoms with Crippen LogP contribution in [0.2, 0.25) is 0 Å². The molecule has 4 N–H and O–H groups in total. The van der Waals surface area contributed by atoms with Crippen molar-refractivity contribution in [3.8, 4) is 6.07 Å². The quantitative estimate of drug-likeness (QED) is 0.749. The molecule has 0 bridgehead atoms. The van der Waals surface area contributed by atoms with Crippen molar-refractivity contribution < 1.29 is 5.73 Å². The first-order valence-electron chi connectivity index (χ1n) is 5.07. The van der Waals surface area contributed by atoms with Gasteiger partial charge in [-0.25, -0.2) is 0 Å². The Morgan fingerprint density at radius 1 is 1.47 bits per heavy atom. The van der Waals surface area contributed by atoms with E-state index in [4.69, 9.17) is 5.26 Å². The van der Waals surface area contributed by atoms with Crippen molar-refractivity contribution in [1.29, 1.82) is 5.26 Å². The van der Waals surface area contributed by atoms with Crippen LogP contribution in [0.25, 0.3) is 10.9 Å². The minimum Gasteiger partial charge on any atom is -0.358 e. The lowest BCUT2D eigenvalue weighted by atomic mass is 10.1. The van der Waals surface area contributed by atoms with Gasteiger partial charge in [0.1, 0.15) is 0 Å². The Morgan fingerprint density at radius 2 is 2.27 bits per heavy atom. The molecule has 0 aliphatic heterocycles. The number of nitriles is 1. The van der Waals surface area contributed by atoms with E-state index in [9.17, 15) is 0 Å². The fourth-order valence-electron chi connectivity index (χ4n) is 1.95. The number of H-pyrrole nitrogens is 1. The van der Waals surface area contributed by atoms with Gasteiger partial charge in [0.2, 0.25) is 0 Å². The SMILES string of the molecule is Cc1[nH]c2ccc(C#N)cc2c1CC[NH3+]. The van der Waals surface area contributed by atoms with E-state index in [0.717, 1.165) is 23.9 Å². The Kier molecular flexibility index (Phi) is 2.44. The molecule has 76 valence electrons. The van der Waals surface area contributed by atoms with Crippen molar-refractivity contribution in [2.45, 2.75) is 13.3 Å². The van der Waals surface area contributed by atoms with Crippen LogP contribution in [0.5, 0.6) is 0 Å². The molecule has 15 heavy (non-hydrogen) atoms. The fourth-order valence-corrected chi connectivity index (χ4v) is 1.95. The van der Waals surface area contributed by atoms with E-state index in [1.54, 1.807) is 0 Å². The van der Waals surface area contributed by atoms with Crippen LogP contribution in [0.4, 0.5) is 0 Å². The zero-order chi connectivity index (χ0) is 10.8. The lowest BCUT2D eigenvalue weighted by molar-refractivity contribution is -0.366. The lowest BCUT2D eigenvalue weighted by Gasteiger charge is -1.96. The van der Waals surface area contributed by atoms with Crippen molar-refractivity contribution in [2.75, 3.05) is 6.54 Å². The average molecular weight is 200 g/mol. The highest BCUT2D eigenvalue weighted by atomic mass is 14.7. The van der Waals surface area contributed by atoms with Gasteiger partial charge in [0.05, 0.1) is 18.2 Å². The number of rotatable bonds is 2. The number of benzene rings is 1. The highest BCUT2D eigenvalue weighted by molar-refractivity contribution is 5.85. The van der Waals surface area contributed by atoms with Crippen molar-refractivity contribution >= 4 is 10.9 Å². The molecule has 0 fully saturated rings. The first kappa shape index (κ1) is 9.75. The topological polar surface area (TPSA) is 67.2 Å². The molecule has 0 saturated carbocycles. The fraction of sp³-hybridized carbons (Fsp3) is 0.250. The van der Waals surface area contributed by atoms with Gasteiger partial charge < -0.3 is 10.7 Å².